The van der Waals surface area contributed by atoms with Crippen LogP contribution in [0.2, 0.25) is 0 Å². The molecule has 2 rings (SSSR count). The van der Waals surface area contributed by atoms with Crippen molar-refractivity contribution in [1.29, 1.82) is 0 Å². The number of carbonyl (C=O) groups excluding carboxylic acids is 1. The third kappa shape index (κ3) is 4.42. The highest BCUT2D eigenvalue weighted by Crippen LogP contribution is 2.06. The maximum Gasteiger partial charge on any atom is 0.268 e. The van der Waals surface area contributed by atoms with Gasteiger partial charge in [0.25, 0.3) is 5.91 Å². The molecule has 1 N–H and O–H groups in total. The number of ether oxygens (including phenoxy) is 1. The van der Waals surface area contributed by atoms with Gasteiger partial charge in [0.15, 0.2) is 5.75 Å². The average Bonchev–Trinajstić information content (AvgIpc) is 2.52. The van der Waals surface area contributed by atoms with E-state index in [0.717, 1.165) is 5.56 Å². The van der Waals surface area contributed by atoms with Crippen molar-refractivity contribution in [2.45, 2.75) is 13.3 Å². The molecule has 0 fully saturated rings. The Labute approximate surface area is 133 Å². The molecule has 122 valence electrons. The molecule has 1 amide bonds. The monoisotopic (exact) mass is 318 g/mol. The van der Waals surface area contributed by atoms with Crippen LogP contribution in [-0.4, -0.2) is 23.6 Å². The maximum absolute atomic E-state index is 12.8. The molecule has 0 saturated heterocycles. The lowest BCUT2D eigenvalue weighted by Crippen LogP contribution is -2.29. The second-order valence-electron chi connectivity index (χ2n) is 5.06. The van der Waals surface area contributed by atoms with Gasteiger partial charge in [-0.3, -0.25) is 9.59 Å². The number of aromatic nitrogens is 1. The molecule has 0 saturated carbocycles. The zero-order chi connectivity index (χ0) is 16.8. The zero-order valence-electron chi connectivity index (χ0n) is 13.1. The van der Waals surface area contributed by atoms with Crippen molar-refractivity contribution in [3.8, 4) is 5.75 Å². The molecule has 0 unspecified atom stereocenters. The summed E-state index contributed by atoms with van der Waals surface area (Å²) in [6, 6.07) is 7.38. The summed E-state index contributed by atoms with van der Waals surface area (Å²) in [7, 11) is 1.68. The molecule has 0 aliphatic rings. The van der Waals surface area contributed by atoms with Gasteiger partial charge in [0.1, 0.15) is 11.5 Å². The van der Waals surface area contributed by atoms with E-state index in [2.05, 4.69) is 5.32 Å². The normalized spacial score (nSPS) is 10.4. The summed E-state index contributed by atoms with van der Waals surface area (Å²) in [6.45, 7) is 2.57. The quantitative estimate of drug-likeness (QED) is 0.885. The Morgan fingerprint density at radius 1 is 1.30 bits per heavy atom. The highest BCUT2D eigenvalue weighted by atomic mass is 19.1. The third-order valence-electron chi connectivity index (χ3n) is 3.35. The number of aryl methyl sites for hydroxylation is 1. The van der Waals surface area contributed by atoms with Gasteiger partial charge < -0.3 is 14.6 Å². The highest BCUT2D eigenvalue weighted by Gasteiger charge is 2.12. The van der Waals surface area contributed by atoms with Crippen LogP contribution >= 0.6 is 0 Å². The van der Waals surface area contributed by atoms with Crippen LogP contribution in [0.15, 0.2) is 41.3 Å². The molecule has 23 heavy (non-hydrogen) atoms. The van der Waals surface area contributed by atoms with Crippen molar-refractivity contribution in [3.05, 3.63) is 63.8 Å². The summed E-state index contributed by atoms with van der Waals surface area (Å²) in [4.78, 5) is 24.0. The first-order valence-corrected chi connectivity index (χ1v) is 7.37. The highest BCUT2D eigenvalue weighted by molar-refractivity contribution is 5.92. The molecule has 0 atom stereocenters. The van der Waals surface area contributed by atoms with Crippen molar-refractivity contribution in [1.82, 2.24) is 9.88 Å². The Morgan fingerprint density at radius 2 is 2.00 bits per heavy atom. The van der Waals surface area contributed by atoms with Crippen molar-refractivity contribution >= 4 is 5.91 Å². The summed E-state index contributed by atoms with van der Waals surface area (Å²) in [5, 5.41) is 2.75. The minimum Gasteiger partial charge on any atom is -0.488 e. The molecule has 2 aromatic rings. The Hall–Kier alpha value is -2.63. The molecule has 6 heteroatoms. The number of rotatable bonds is 6. The smallest absolute Gasteiger partial charge is 0.268 e. The Kier molecular flexibility index (Phi) is 5.51. The minimum atomic E-state index is -0.338. The predicted octanol–water partition coefficient (Wildman–Crippen LogP) is 1.90. The van der Waals surface area contributed by atoms with Gasteiger partial charge in [-0.2, -0.15) is 0 Å². The van der Waals surface area contributed by atoms with Crippen LogP contribution in [0.1, 0.15) is 23.0 Å². The standard InChI is InChI=1S/C17H19FN2O3/c1-3-23-16-11-20(2)14(10-15(16)21)17(22)19-9-8-12-4-6-13(18)7-5-12/h4-7,10-11H,3,8-9H2,1-2H3,(H,19,22). The Balaban J connectivity index is 1.99. The van der Waals surface area contributed by atoms with Gasteiger partial charge in [-0.25, -0.2) is 4.39 Å². The zero-order valence-corrected chi connectivity index (χ0v) is 13.1. The lowest BCUT2D eigenvalue weighted by Gasteiger charge is -2.11. The Morgan fingerprint density at radius 3 is 2.65 bits per heavy atom. The van der Waals surface area contributed by atoms with Crippen molar-refractivity contribution in [3.63, 3.8) is 0 Å². The Bertz CT molecular complexity index is 738. The summed E-state index contributed by atoms with van der Waals surface area (Å²) >= 11 is 0. The number of carbonyl (C=O) groups is 1. The molecule has 0 aliphatic heterocycles. The van der Waals surface area contributed by atoms with E-state index in [0.29, 0.717) is 19.6 Å². The van der Waals surface area contributed by atoms with E-state index in [1.165, 1.54) is 24.4 Å². The van der Waals surface area contributed by atoms with E-state index in [9.17, 15) is 14.0 Å². The van der Waals surface area contributed by atoms with E-state index >= 15 is 0 Å². The first kappa shape index (κ1) is 16.7. The van der Waals surface area contributed by atoms with Crippen LogP contribution < -0.4 is 15.5 Å². The molecular weight excluding hydrogens is 299 g/mol. The van der Waals surface area contributed by atoms with E-state index in [1.54, 1.807) is 30.7 Å². The summed E-state index contributed by atoms with van der Waals surface area (Å²) in [6.07, 6.45) is 2.08. The minimum absolute atomic E-state index is 0.220. The number of amides is 1. The molecule has 1 heterocycles. The molecule has 1 aromatic carbocycles. The number of pyridine rings is 1. The van der Waals surface area contributed by atoms with E-state index in [-0.39, 0.29) is 28.6 Å². The average molecular weight is 318 g/mol. The number of nitrogens with zero attached hydrogens (tertiary/aromatic N) is 1. The number of benzene rings is 1. The topological polar surface area (TPSA) is 60.3 Å². The van der Waals surface area contributed by atoms with Crippen molar-refractivity contribution < 1.29 is 13.9 Å². The summed E-state index contributed by atoms with van der Waals surface area (Å²) in [5.41, 5.74) is 0.860. The van der Waals surface area contributed by atoms with Crippen molar-refractivity contribution in [2.24, 2.45) is 7.05 Å². The second-order valence-corrected chi connectivity index (χ2v) is 5.06. The summed E-state index contributed by atoms with van der Waals surface area (Å²) in [5.74, 6) is -0.408. The van der Waals surface area contributed by atoms with Gasteiger partial charge in [0.2, 0.25) is 5.43 Å². The van der Waals surface area contributed by atoms with Crippen molar-refractivity contribution in [2.75, 3.05) is 13.2 Å². The van der Waals surface area contributed by atoms with Crippen LogP contribution in [0.4, 0.5) is 4.39 Å². The largest absolute Gasteiger partial charge is 0.488 e. The van der Waals surface area contributed by atoms with Crippen LogP contribution in [0.3, 0.4) is 0 Å². The van der Waals surface area contributed by atoms with E-state index in [4.69, 9.17) is 4.74 Å². The van der Waals surface area contributed by atoms with Crippen LogP contribution in [0.5, 0.6) is 5.75 Å². The van der Waals surface area contributed by atoms with Gasteiger partial charge in [-0.15, -0.1) is 0 Å². The molecule has 0 spiro atoms. The molecule has 0 aliphatic carbocycles. The molecule has 0 bridgehead atoms. The van der Waals surface area contributed by atoms with Crippen LogP contribution in [0.25, 0.3) is 0 Å². The molecule has 0 radical (unpaired) electrons. The van der Waals surface area contributed by atoms with Gasteiger partial charge in [-0.05, 0) is 31.0 Å². The molecule has 1 aromatic heterocycles. The lowest BCUT2D eigenvalue weighted by atomic mass is 10.1. The number of nitrogens with one attached hydrogen (secondary N) is 1. The van der Waals surface area contributed by atoms with Crippen LogP contribution in [-0.2, 0) is 13.5 Å². The second kappa shape index (κ2) is 7.58. The number of hydrogen-bond donors (Lipinski definition) is 1. The predicted molar refractivity (Wildman–Crippen MR) is 85.3 cm³/mol. The third-order valence-corrected chi connectivity index (χ3v) is 3.35. The number of hydrogen-bond acceptors (Lipinski definition) is 3. The van der Waals surface area contributed by atoms with Gasteiger partial charge in [-0.1, -0.05) is 12.1 Å². The first-order valence-electron chi connectivity index (χ1n) is 7.37. The lowest BCUT2D eigenvalue weighted by molar-refractivity contribution is 0.0945. The van der Waals surface area contributed by atoms with Gasteiger partial charge in [0, 0.05) is 19.7 Å². The SMILES string of the molecule is CCOc1cn(C)c(C(=O)NCCc2ccc(F)cc2)cc1=O. The molecular formula is C17H19FN2O3. The van der Waals surface area contributed by atoms with Gasteiger partial charge in [0.05, 0.1) is 12.8 Å². The van der Waals surface area contributed by atoms with E-state index < -0.39 is 0 Å². The fourth-order valence-corrected chi connectivity index (χ4v) is 2.16. The fourth-order valence-electron chi connectivity index (χ4n) is 2.16. The molecule has 5 nitrogen and oxygen atoms in total. The summed E-state index contributed by atoms with van der Waals surface area (Å²) < 4.78 is 19.6. The first-order chi connectivity index (χ1) is 11.0. The van der Waals surface area contributed by atoms with Crippen LogP contribution in [0, 0.1) is 5.82 Å². The fraction of sp³-hybridized carbons (Fsp3) is 0.294. The van der Waals surface area contributed by atoms with Gasteiger partial charge >= 0.3 is 0 Å². The maximum atomic E-state index is 12.8. The number of halogens is 1. The van der Waals surface area contributed by atoms with E-state index in [1.807, 2.05) is 0 Å².